The number of fused-ring (bicyclic) bond motifs is 1. The van der Waals surface area contributed by atoms with Gasteiger partial charge < -0.3 is 19.8 Å². The van der Waals surface area contributed by atoms with Gasteiger partial charge in [0.15, 0.2) is 0 Å². The number of pyridine rings is 2. The number of hydrogen-bond acceptors (Lipinski definition) is 6. The van der Waals surface area contributed by atoms with E-state index >= 15 is 0 Å². The minimum atomic E-state index is -0.280. The van der Waals surface area contributed by atoms with Gasteiger partial charge in [-0.15, -0.1) is 0 Å². The normalized spacial score (nSPS) is 11.9. The van der Waals surface area contributed by atoms with Crippen molar-refractivity contribution in [3.8, 4) is 11.5 Å². The van der Waals surface area contributed by atoms with Crippen molar-refractivity contribution in [3.05, 3.63) is 95.6 Å². The number of carbonyl (C=O) groups excluding carboxylic acids is 2. The monoisotopic (exact) mass is 496 g/mol. The molecule has 1 aliphatic rings. The van der Waals surface area contributed by atoms with Gasteiger partial charge in [0.25, 0.3) is 11.8 Å². The van der Waals surface area contributed by atoms with Gasteiger partial charge in [-0.05, 0) is 48.9 Å². The molecule has 4 heterocycles. The fourth-order valence-electron chi connectivity index (χ4n) is 3.68. The van der Waals surface area contributed by atoms with E-state index in [9.17, 15) is 9.59 Å². The number of hydrogen-bond donors (Lipinski definition) is 2. The highest BCUT2D eigenvalue weighted by Gasteiger charge is 2.15. The van der Waals surface area contributed by atoms with Crippen LogP contribution in [0.4, 0.5) is 5.82 Å². The van der Waals surface area contributed by atoms with Crippen LogP contribution in [0.2, 0.25) is 0 Å². The van der Waals surface area contributed by atoms with Crippen molar-refractivity contribution in [2.45, 2.75) is 27.3 Å². The van der Waals surface area contributed by atoms with Crippen LogP contribution in [0.3, 0.4) is 0 Å². The average Bonchev–Trinajstić information content (AvgIpc) is 3.62. The fraction of sp³-hybridized carbons (Fsp3) is 0.179. The number of nitrogens with one attached hydrogen (secondary N) is 2. The maximum absolute atomic E-state index is 12.9. The third-order valence-corrected chi connectivity index (χ3v) is 5.55. The van der Waals surface area contributed by atoms with Crippen LogP contribution in [0.5, 0.6) is 11.5 Å². The Labute approximate surface area is 214 Å². The van der Waals surface area contributed by atoms with Gasteiger partial charge in [0.1, 0.15) is 23.0 Å². The van der Waals surface area contributed by atoms with E-state index in [2.05, 4.69) is 25.6 Å². The van der Waals surface area contributed by atoms with Gasteiger partial charge in [0.05, 0.1) is 12.1 Å². The van der Waals surface area contributed by atoms with E-state index in [0.717, 1.165) is 11.2 Å². The Kier molecular flexibility index (Phi) is 8.05. The van der Waals surface area contributed by atoms with E-state index in [1.807, 2.05) is 49.7 Å². The number of benzene rings is 1. The number of carbonyl (C=O) groups is 2. The molecule has 2 amide bonds. The van der Waals surface area contributed by atoms with E-state index in [1.54, 1.807) is 48.8 Å². The third kappa shape index (κ3) is 6.07. The predicted octanol–water partition coefficient (Wildman–Crippen LogP) is 4.74. The number of aliphatic imine (C=N–C) groups is 1. The Hall–Kier alpha value is -4.79. The number of anilines is 1. The molecule has 1 aliphatic heterocycles. The smallest absolute Gasteiger partial charge is 0.258 e. The van der Waals surface area contributed by atoms with Crippen molar-refractivity contribution < 1.29 is 14.3 Å². The number of nitrogens with zero attached hydrogens (tertiary/aromatic N) is 4. The summed E-state index contributed by atoms with van der Waals surface area (Å²) < 4.78 is 7.94. The summed E-state index contributed by atoms with van der Waals surface area (Å²) in [5.74, 6) is 0.890. The van der Waals surface area contributed by atoms with Crippen molar-refractivity contribution in [3.63, 3.8) is 0 Å². The molecule has 0 aliphatic carbocycles. The van der Waals surface area contributed by atoms with Crippen LogP contribution in [0.1, 0.15) is 35.3 Å². The van der Waals surface area contributed by atoms with Gasteiger partial charge >= 0.3 is 0 Å². The summed E-state index contributed by atoms with van der Waals surface area (Å²) in [6, 6.07) is 12.5. The van der Waals surface area contributed by atoms with Gasteiger partial charge in [0, 0.05) is 54.7 Å². The SMILES string of the molecule is CC.Cc1c(Oc2ccnc(NC(=O)C3=CCN=C3)c2)cccc1C(=O)NCc1ccn2ccnc2c1. The molecule has 37 heavy (non-hydrogen) atoms. The molecular weight excluding hydrogens is 468 g/mol. The summed E-state index contributed by atoms with van der Waals surface area (Å²) >= 11 is 0. The number of imidazole rings is 1. The number of amides is 2. The van der Waals surface area contributed by atoms with Crippen LogP contribution in [0, 0.1) is 6.92 Å². The Bertz CT molecular complexity index is 1490. The zero-order chi connectivity index (χ0) is 26.2. The maximum atomic E-state index is 12.9. The molecule has 188 valence electrons. The van der Waals surface area contributed by atoms with Crippen molar-refractivity contribution in [1.82, 2.24) is 19.7 Å². The molecule has 3 aromatic heterocycles. The average molecular weight is 497 g/mol. The van der Waals surface area contributed by atoms with Crippen LogP contribution in [0.25, 0.3) is 5.65 Å². The molecule has 0 unspecified atom stereocenters. The molecule has 2 N–H and O–H groups in total. The van der Waals surface area contributed by atoms with Gasteiger partial charge in [-0.3, -0.25) is 14.6 Å². The molecule has 5 rings (SSSR count). The minimum absolute atomic E-state index is 0.203. The lowest BCUT2D eigenvalue weighted by Gasteiger charge is -2.13. The molecule has 1 aromatic carbocycles. The highest BCUT2D eigenvalue weighted by Crippen LogP contribution is 2.28. The topological polar surface area (TPSA) is 110 Å². The van der Waals surface area contributed by atoms with Crippen molar-refractivity contribution in [2.75, 3.05) is 11.9 Å². The molecule has 0 atom stereocenters. The lowest BCUT2D eigenvalue weighted by Crippen LogP contribution is -2.23. The second-order valence-corrected chi connectivity index (χ2v) is 7.93. The van der Waals surface area contributed by atoms with Crippen molar-refractivity contribution in [2.24, 2.45) is 4.99 Å². The molecule has 9 heteroatoms. The van der Waals surface area contributed by atoms with Crippen LogP contribution in [-0.2, 0) is 11.3 Å². The first kappa shape index (κ1) is 25.3. The molecule has 0 spiro atoms. The van der Waals surface area contributed by atoms with Gasteiger partial charge in [-0.2, -0.15) is 0 Å². The third-order valence-electron chi connectivity index (χ3n) is 5.55. The Morgan fingerprint density at radius 2 is 1.89 bits per heavy atom. The summed E-state index contributed by atoms with van der Waals surface area (Å²) in [6.45, 7) is 6.71. The minimum Gasteiger partial charge on any atom is -0.457 e. The second kappa shape index (κ2) is 11.8. The number of rotatable bonds is 7. The molecule has 0 fully saturated rings. The first-order valence-electron chi connectivity index (χ1n) is 12.0. The van der Waals surface area contributed by atoms with Crippen LogP contribution >= 0.6 is 0 Å². The fourth-order valence-corrected chi connectivity index (χ4v) is 3.68. The zero-order valence-corrected chi connectivity index (χ0v) is 20.9. The summed E-state index contributed by atoms with van der Waals surface area (Å²) in [6.07, 6.45) is 10.3. The van der Waals surface area contributed by atoms with Crippen molar-refractivity contribution >= 4 is 29.5 Å². The summed E-state index contributed by atoms with van der Waals surface area (Å²) in [7, 11) is 0. The number of ether oxygens (including phenoxy) is 1. The van der Waals surface area contributed by atoms with Crippen molar-refractivity contribution in [1.29, 1.82) is 0 Å². The largest absolute Gasteiger partial charge is 0.457 e. The van der Waals surface area contributed by atoms with E-state index in [4.69, 9.17) is 4.74 Å². The predicted molar refractivity (Wildman–Crippen MR) is 143 cm³/mol. The molecule has 0 radical (unpaired) electrons. The molecule has 9 nitrogen and oxygen atoms in total. The summed E-state index contributed by atoms with van der Waals surface area (Å²) in [4.78, 5) is 37.6. The first-order chi connectivity index (χ1) is 18.1. The quantitative estimate of drug-likeness (QED) is 0.384. The maximum Gasteiger partial charge on any atom is 0.258 e. The first-order valence-corrected chi connectivity index (χ1v) is 12.0. The molecule has 0 bridgehead atoms. The molecule has 0 saturated carbocycles. The highest BCUT2D eigenvalue weighted by atomic mass is 16.5. The highest BCUT2D eigenvalue weighted by molar-refractivity contribution is 6.18. The lowest BCUT2D eigenvalue weighted by molar-refractivity contribution is -0.112. The van der Waals surface area contributed by atoms with E-state index in [1.165, 1.54) is 6.21 Å². The zero-order valence-electron chi connectivity index (χ0n) is 20.9. The van der Waals surface area contributed by atoms with Gasteiger partial charge in [-0.25, -0.2) is 9.97 Å². The molecule has 4 aromatic rings. The second-order valence-electron chi connectivity index (χ2n) is 7.93. The van der Waals surface area contributed by atoms with E-state index in [0.29, 0.717) is 47.1 Å². The molecular formula is C28H28N6O3. The van der Waals surface area contributed by atoms with Crippen LogP contribution in [0.15, 0.2) is 83.9 Å². The van der Waals surface area contributed by atoms with E-state index < -0.39 is 0 Å². The van der Waals surface area contributed by atoms with Crippen LogP contribution < -0.4 is 15.4 Å². The Balaban J connectivity index is 0.00000156. The van der Waals surface area contributed by atoms with Gasteiger partial charge in [-0.1, -0.05) is 19.9 Å². The number of aromatic nitrogens is 3. The summed E-state index contributed by atoms with van der Waals surface area (Å²) in [5, 5.41) is 5.69. The Morgan fingerprint density at radius 1 is 1.03 bits per heavy atom. The van der Waals surface area contributed by atoms with Crippen LogP contribution in [-0.4, -0.2) is 38.9 Å². The lowest BCUT2D eigenvalue weighted by atomic mass is 10.1. The van der Waals surface area contributed by atoms with Gasteiger partial charge in [0.2, 0.25) is 0 Å². The summed E-state index contributed by atoms with van der Waals surface area (Å²) in [5.41, 5.74) is 3.48. The van der Waals surface area contributed by atoms with E-state index in [-0.39, 0.29) is 11.8 Å². The Morgan fingerprint density at radius 3 is 2.70 bits per heavy atom. The standard InChI is InChI=1S/C26H22N6O3.C2H6/c1-17-21(26(34)30-15-18-7-11-32-12-10-29-24(32)13-18)3-2-4-22(17)35-20-6-9-28-23(14-20)31-25(33)19-5-8-27-16-19;1-2/h2-7,9-14,16H,8,15H2,1H3,(H,30,34)(H,28,31,33);1-2H3. The molecule has 0 saturated heterocycles.